The number of nitrogen functional groups attached to an aromatic ring is 1. The third-order valence-electron chi connectivity index (χ3n) is 2.80. The molecule has 1 amide bonds. The second-order valence-corrected chi connectivity index (χ2v) is 4.30. The summed E-state index contributed by atoms with van der Waals surface area (Å²) in [5, 5.41) is 2.86. The number of H-pyrrole nitrogens is 1. The number of anilines is 1. The van der Waals surface area contributed by atoms with Crippen LogP contribution < -0.4 is 11.1 Å². The van der Waals surface area contributed by atoms with Crippen LogP contribution in [0.2, 0.25) is 0 Å². The lowest BCUT2D eigenvalue weighted by atomic mass is 10.1. The zero-order valence-electron chi connectivity index (χ0n) is 11.0. The molecule has 0 fully saturated rings. The number of hydrogen-bond acceptors (Lipinski definition) is 4. The van der Waals surface area contributed by atoms with Crippen LogP contribution in [0, 0.1) is 0 Å². The first kappa shape index (κ1) is 13.1. The minimum Gasteiger partial charge on any atom is -0.384 e. The monoisotopic (exact) mass is 259 g/mol. The van der Waals surface area contributed by atoms with Crippen LogP contribution in [0.5, 0.6) is 0 Å². The highest BCUT2D eigenvalue weighted by molar-refractivity contribution is 5.95. The molecule has 1 atom stereocenters. The summed E-state index contributed by atoms with van der Waals surface area (Å²) in [4.78, 5) is 23.3. The van der Waals surface area contributed by atoms with Gasteiger partial charge in [0.05, 0.1) is 6.04 Å². The van der Waals surface area contributed by atoms with Gasteiger partial charge in [-0.3, -0.25) is 4.79 Å². The van der Waals surface area contributed by atoms with E-state index in [0.717, 1.165) is 12.1 Å². The minimum atomic E-state index is -0.193. The third-order valence-corrected chi connectivity index (χ3v) is 2.80. The Morgan fingerprint density at radius 1 is 1.53 bits per heavy atom. The molecule has 6 heteroatoms. The van der Waals surface area contributed by atoms with Crippen molar-refractivity contribution in [3.8, 4) is 0 Å². The Balaban J connectivity index is 2.13. The second-order valence-electron chi connectivity index (χ2n) is 4.30. The summed E-state index contributed by atoms with van der Waals surface area (Å²) in [5.74, 6) is 0.883. The van der Waals surface area contributed by atoms with Gasteiger partial charge in [-0.1, -0.05) is 6.92 Å². The highest BCUT2D eigenvalue weighted by Gasteiger charge is 2.14. The Labute approximate surface area is 111 Å². The number of rotatable bonds is 4. The number of nitrogens with one attached hydrogen (secondary N) is 2. The van der Waals surface area contributed by atoms with Crippen molar-refractivity contribution < 1.29 is 4.79 Å². The smallest absolute Gasteiger partial charge is 0.252 e. The van der Waals surface area contributed by atoms with Crippen molar-refractivity contribution in [2.75, 3.05) is 5.73 Å². The van der Waals surface area contributed by atoms with Crippen LogP contribution >= 0.6 is 0 Å². The van der Waals surface area contributed by atoms with Gasteiger partial charge in [0.1, 0.15) is 11.6 Å². The quantitative estimate of drug-likeness (QED) is 0.774. The Kier molecular flexibility index (Phi) is 3.79. The number of pyridine rings is 1. The van der Waals surface area contributed by atoms with E-state index in [0.29, 0.717) is 17.2 Å². The fourth-order valence-corrected chi connectivity index (χ4v) is 1.79. The molecule has 2 rings (SSSR count). The summed E-state index contributed by atoms with van der Waals surface area (Å²) < 4.78 is 0. The predicted octanol–water partition coefficient (Wildman–Crippen LogP) is 1.44. The Morgan fingerprint density at radius 2 is 2.32 bits per heavy atom. The Morgan fingerprint density at radius 3 is 2.95 bits per heavy atom. The standard InChI is InChI=1S/C13H17N5O/c1-3-10-6-9(7-11(14)18-10)13(19)17-8(2)12-15-4-5-16-12/h4-8H,3H2,1-2H3,(H2,14,18)(H,15,16)(H,17,19). The van der Waals surface area contributed by atoms with Crippen molar-refractivity contribution in [1.29, 1.82) is 0 Å². The summed E-state index contributed by atoms with van der Waals surface area (Å²) in [6.45, 7) is 3.83. The van der Waals surface area contributed by atoms with Gasteiger partial charge >= 0.3 is 0 Å². The zero-order chi connectivity index (χ0) is 13.8. The molecule has 1 unspecified atom stereocenters. The maximum atomic E-state index is 12.1. The molecule has 0 saturated heterocycles. The Hall–Kier alpha value is -2.37. The fourth-order valence-electron chi connectivity index (χ4n) is 1.79. The molecule has 6 nitrogen and oxygen atoms in total. The van der Waals surface area contributed by atoms with Gasteiger partial charge in [-0.15, -0.1) is 0 Å². The van der Waals surface area contributed by atoms with Gasteiger partial charge in [-0.05, 0) is 25.5 Å². The lowest BCUT2D eigenvalue weighted by Gasteiger charge is -2.12. The van der Waals surface area contributed by atoms with Crippen LogP contribution in [-0.2, 0) is 6.42 Å². The normalized spacial score (nSPS) is 12.1. The van der Waals surface area contributed by atoms with E-state index in [1.807, 2.05) is 13.8 Å². The number of nitrogens with zero attached hydrogens (tertiary/aromatic N) is 2. The van der Waals surface area contributed by atoms with Crippen LogP contribution in [0.25, 0.3) is 0 Å². The van der Waals surface area contributed by atoms with E-state index >= 15 is 0 Å². The fraction of sp³-hybridized carbons (Fsp3) is 0.308. The predicted molar refractivity (Wildman–Crippen MR) is 72.5 cm³/mol. The van der Waals surface area contributed by atoms with E-state index in [2.05, 4.69) is 20.3 Å². The molecule has 100 valence electrons. The molecule has 4 N–H and O–H groups in total. The van der Waals surface area contributed by atoms with Crippen molar-refractivity contribution in [3.05, 3.63) is 41.6 Å². The molecule has 0 saturated carbocycles. The second kappa shape index (κ2) is 5.51. The molecule has 0 radical (unpaired) electrons. The zero-order valence-corrected chi connectivity index (χ0v) is 11.0. The van der Waals surface area contributed by atoms with Gasteiger partial charge in [0, 0.05) is 23.7 Å². The maximum absolute atomic E-state index is 12.1. The minimum absolute atomic E-state index is 0.187. The van der Waals surface area contributed by atoms with Gasteiger partial charge in [-0.25, -0.2) is 9.97 Å². The number of aromatic nitrogens is 3. The van der Waals surface area contributed by atoms with Gasteiger partial charge in [-0.2, -0.15) is 0 Å². The van der Waals surface area contributed by atoms with Gasteiger partial charge in [0.25, 0.3) is 5.91 Å². The van der Waals surface area contributed by atoms with Crippen LogP contribution in [0.1, 0.15) is 41.8 Å². The first-order valence-corrected chi connectivity index (χ1v) is 6.16. The number of hydrogen-bond donors (Lipinski definition) is 3. The first-order valence-electron chi connectivity index (χ1n) is 6.16. The van der Waals surface area contributed by atoms with Crippen LogP contribution in [0.15, 0.2) is 24.5 Å². The van der Waals surface area contributed by atoms with E-state index in [1.165, 1.54) is 0 Å². The van der Waals surface area contributed by atoms with Gasteiger partial charge in [0.15, 0.2) is 0 Å². The molecule has 0 spiro atoms. The molecular weight excluding hydrogens is 242 g/mol. The maximum Gasteiger partial charge on any atom is 0.252 e. The number of carbonyl (C=O) groups excluding carboxylic acids is 1. The summed E-state index contributed by atoms with van der Waals surface area (Å²) in [6, 6.07) is 3.13. The third kappa shape index (κ3) is 3.09. The molecule has 0 aliphatic carbocycles. The number of imidazole rings is 1. The molecular formula is C13H17N5O. The lowest BCUT2D eigenvalue weighted by Crippen LogP contribution is -2.27. The van der Waals surface area contributed by atoms with Crippen molar-refractivity contribution in [2.45, 2.75) is 26.3 Å². The van der Waals surface area contributed by atoms with E-state index in [4.69, 9.17) is 5.73 Å². The molecule has 0 aliphatic rings. The van der Waals surface area contributed by atoms with Crippen LogP contribution in [0.4, 0.5) is 5.82 Å². The van der Waals surface area contributed by atoms with Gasteiger partial charge < -0.3 is 16.0 Å². The number of amides is 1. The largest absolute Gasteiger partial charge is 0.384 e. The number of carbonyl (C=O) groups is 1. The molecule has 2 aromatic heterocycles. The van der Waals surface area contributed by atoms with E-state index < -0.39 is 0 Å². The average molecular weight is 259 g/mol. The number of aromatic amines is 1. The first-order chi connectivity index (χ1) is 9.10. The summed E-state index contributed by atoms with van der Waals surface area (Å²) in [6.07, 6.45) is 4.11. The topological polar surface area (TPSA) is 96.7 Å². The lowest BCUT2D eigenvalue weighted by molar-refractivity contribution is 0.0938. The van der Waals surface area contributed by atoms with Crippen LogP contribution in [-0.4, -0.2) is 20.9 Å². The molecule has 19 heavy (non-hydrogen) atoms. The molecule has 0 aliphatic heterocycles. The molecule has 0 aromatic carbocycles. The number of aryl methyl sites for hydroxylation is 1. The van der Waals surface area contributed by atoms with Gasteiger partial charge in [0.2, 0.25) is 0 Å². The van der Waals surface area contributed by atoms with E-state index in [1.54, 1.807) is 24.5 Å². The summed E-state index contributed by atoms with van der Waals surface area (Å²) >= 11 is 0. The van der Waals surface area contributed by atoms with Crippen molar-refractivity contribution in [2.24, 2.45) is 0 Å². The molecule has 2 heterocycles. The highest BCUT2D eigenvalue weighted by atomic mass is 16.1. The van der Waals surface area contributed by atoms with Crippen molar-refractivity contribution >= 4 is 11.7 Å². The average Bonchev–Trinajstić information content (AvgIpc) is 2.91. The van der Waals surface area contributed by atoms with E-state index in [9.17, 15) is 4.79 Å². The summed E-state index contributed by atoms with van der Waals surface area (Å²) in [7, 11) is 0. The van der Waals surface area contributed by atoms with Crippen LogP contribution in [0.3, 0.4) is 0 Å². The summed E-state index contributed by atoms with van der Waals surface area (Å²) in [5.41, 5.74) is 7.01. The number of nitrogens with two attached hydrogens (primary N) is 1. The Bertz CT molecular complexity index is 564. The molecule has 2 aromatic rings. The van der Waals surface area contributed by atoms with E-state index in [-0.39, 0.29) is 11.9 Å². The highest BCUT2D eigenvalue weighted by Crippen LogP contribution is 2.11. The van der Waals surface area contributed by atoms with Crippen molar-refractivity contribution in [3.63, 3.8) is 0 Å². The SMILES string of the molecule is CCc1cc(C(=O)NC(C)c2ncc[nH]2)cc(N)n1. The molecule has 0 bridgehead atoms. The van der Waals surface area contributed by atoms with Crippen molar-refractivity contribution in [1.82, 2.24) is 20.3 Å².